The molecule has 0 bridgehead atoms. The fraction of sp³-hybridized carbons (Fsp3) is 0.182. The molecule has 0 spiro atoms. The van der Waals surface area contributed by atoms with Crippen LogP contribution >= 0.6 is 0 Å². The van der Waals surface area contributed by atoms with Crippen molar-refractivity contribution < 1.29 is 15.0 Å². The van der Waals surface area contributed by atoms with E-state index >= 15 is 0 Å². The van der Waals surface area contributed by atoms with E-state index in [1.54, 1.807) is 6.07 Å². The van der Waals surface area contributed by atoms with Crippen LogP contribution in [0.4, 0.5) is 5.69 Å². The summed E-state index contributed by atoms with van der Waals surface area (Å²) < 4.78 is 0. The molecule has 4 heteroatoms. The van der Waals surface area contributed by atoms with Crippen molar-refractivity contribution in [2.24, 2.45) is 0 Å². The van der Waals surface area contributed by atoms with Gasteiger partial charge in [-0.15, -0.1) is 0 Å². The molecule has 0 unspecified atom stereocenters. The van der Waals surface area contributed by atoms with Crippen molar-refractivity contribution >= 4 is 11.7 Å². The van der Waals surface area contributed by atoms with Crippen molar-refractivity contribution in [3.8, 4) is 5.75 Å². The molecular weight excluding hydrogens is 194 g/mol. The standard InChI is InChI=1S/C11H13NO3/c1-7(2)6-12-8-3-4-10(13)9(5-8)11(14)15/h3-5,12-13H,1,6H2,2H3,(H,14,15). The largest absolute Gasteiger partial charge is 0.507 e. The maximum absolute atomic E-state index is 10.7. The van der Waals surface area contributed by atoms with Crippen LogP contribution < -0.4 is 5.32 Å². The molecule has 0 saturated carbocycles. The number of aromatic carboxylic acids is 1. The summed E-state index contributed by atoms with van der Waals surface area (Å²) in [6.07, 6.45) is 0. The van der Waals surface area contributed by atoms with Crippen molar-refractivity contribution in [3.05, 3.63) is 35.9 Å². The average Bonchev–Trinajstić information content (AvgIpc) is 2.16. The molecule has 0 aliphatic rings. The molecule has 0 radical (unpaired) electrons. The lowest BCUT2D eigenvalue weighted by molar-refractivity contribution is 0.0694. The predicted molar refractivity (Wildman–Crippen MR) is 58.4 cm³/mol. The Labute approximate surface area is 87.9 Å². The quantitative estimate of drug-likeness (QED) is 0.522. The molecule has 1 aromatic carbocycles. The number of benzene rings is 1. The van der Waals surface area contributed by atoms with Crippen LogP contribution in [-0.4, -0.2) is 22.7 Å². The van der Waals surface area contributed by atoms with Crippen molar-refractivity contribution in [1.82, 2.24) is 0 Å². The smallest absolute Gasteiger partial charge is 0.339 e. The van der Waals surface area contributed by atoms with Gasteiger partial charge in [-0.3, -0.25) is 0 Å². The van der Waals surface area contributed by atoms with Gasteiger partial charge in [0.15, 0.2) is 0 Å². The van der Waals surface area contributed by atoms with Crippen LogP contribution in [0.2, 0.25) is 0 Å². The molecule has 4 nitrogen and oxygen atoms in total. The van der Waals surface area contributed by atoms with E-state index < -0.39 is 5.97 Å². The Morgan fingerprint density at radius 3 is 2.73 bits per heavy atom. The Kier molecular flexibility index (Phi) is 3.33. The van der Waals surface area contributed by atoms with E-state index in [-0.39, 0.29) is 11.3 Å². The number of nitrogens with one attached hydrogen (secondary N) is 1. The Balaban J connectivity index is 2.87. The summed E-state index contributed by atoms with van der Waals surface area (Å²) >= 11 is 0. The van der Waals surface area contributed by atoms with Crippen molar-refractivity contribution in [1.29, 1.82) is 0 Å². The van der Waals surface area contributed by atoms with E-state index in [0.29, 0.717) is 12.2 Å². The second-order valence-electron chi connectivity index (χ2n) is 3.35. The molecule has 0 aliphatic carbocycles. The Bertz CT molecular complexity index is 399. The summed E-state index contributed by atoms with van der Waals surface area (Å²) in [5.74, 6) is -1.38. The van der Waals surface area contributed by atoms with Gasteiger partial charge < -0.3 is 15.5 Å². The van der Waals surface area contributed by atoms with Crippen LogP contribution in [0.25, 0.3) is 0 Å². The maximum atomic E-state index is 10.7. The first-order valence-corrected chi connectivity index (χ1v) is 4.45. The van der Waals surface area contributed by atoms with E-state index in [1.807, 2.05) is 6.92 Å². The van der Waals surface area contributed by atoms with Crippen molar-refractivity contribution in [3.63, 3.8) is 0 Å². The summed E-state index contributed by atoms with van der Waals surface area (Å²) in [4.78, 5) is 10.7. The minimum Gasteiger partial charge on any atom is -0.507 e. The molecule has 0 saturated heterocycles. The number of phenols is 1. The van der Waals surface area contributed by atoms with Gasteiger partial charge in [-0.1, -0.05) is 12.2 Å². The minimum atomic E-state index is -1.15. The number of carboxylic acid groups (broad SMARTS) is 1. The molecule has 0 atom stereocenters. The first-order valence-electron chi connectivity index (χ1n) is 4.45. The molecule has 0 amide bonds. The van der Waals surface area contributed by atoms with E-state index in [9.17, 15) is 9.90 Å². The van der Waals surface area contributed by atoms with Gasteiger partial charge in [0.05, 0.1) is 0 Å². The molecule has 15 heavy (non-hydrogen) atoms. The molecule has 1 aromatic rings. The highest BCUT2D eigenvalue weighted by Gasteiger charge is 2.09. The third kappa shape index (κ3) is 3.02. The van der Waals surface area contributed by atoms with E-state index in [2.05, 4.69) is 11.9 Å². The molecule has 0 heterocycles. The highest BCUT2D eigenvalue weighted by molar-refractivity contribution is 5.92. The van der Waals surface area contributed by atoms with Crippen LogP contribution in [0.15, 0.2) is 30.4 Å². The molecule has 1 rings (SSSR count). The Hall–Kier alpha value is -1.97. The van der Waals surface area contributed by atoms with Gasteiger partial charge >= 0.3 is 5.97 Å². The normalized spacial score (nSPS) is 9.67. The highest BCUT2D eigenvalue weighted by atomic mass is 16.4. The lowest BCUT2D eigenvalue weighted by Crippen LogP contribution is -2.04. The topological polar surface area (TPSA) is 69.6 Å². The zero-order valence-corrected chi connectivity index (χ0v) is 8.45. The van der Waals surface area contributed by atoms with Crippen molar-refractivity contribution in [2.75, 3.05) is 11.9 Å². The van der Waals surface area contributed by atoms with Gasteiger partial charge in [0, 0.05) is 12.2 Å². The van der Waals surface area contributed by atoms with Crippen LogP contribution in [0.5, 0.6) is 5.75 Å². The monoisotopic (exact) mass is 207 g/mol. The lowest BCUT2D eigenvalue weighted by atomic mass is 10.1. The SMILES string of the molecule is C=C(C)CNc1ccc(O)c(C(=O)O)c1. The van der Waals surface area contributed by atoms with Crippen molar-refractivity contribution in [2.45, 2.75) is 6.92 Å². The number of carbonyl (C=O) groups is 1. The first kappa shape index (κ1) is 11.1. The third-order valence-electron chi connectivity index (χ3n) is 1.82. The van der Waals surface area contributed by atoms with Gasteiger partial charge in [0.1, 0.15) is 11.3 Å². The highest BCUT2D eigenvalue weighted by Crippen LogP contribution is 2.21. The maximum Gasteiger partial charge on any atom is 0.339 e. The van der Waals surface area contributed by atoms with Gasteiger partial charge in [0.2, 0.25) is 0 Å². The number of hydrogen-bond acceptors (Lipinski definition) is 3. The van der Waals surface area contributed by atoms with Gasteiger partial charge in [-0.25, -0.2) is 4.79 Å². The van der Waals surface area contributed by atoms with Gasteiger partial charge in [-0.05, 0) is 25.1 Å². The van der Waals surface area contributed by atoms with Crippen LogP contribution in [0.3, 0.4) is 0 Å². The fourth-order valence-corrected chi connectivity index (χ4v) is 1.07. The first-order chi connectivity index (χ1) is 7.00. The number of aromatic hydroxyl groups is 1. The minimum absolute atomic E-state index is 0.110. The Morgan fingerprint density at radius 2 is 2.20 bits per heavy atom. The van der Waals surface area contributed by atoms with Crippen LogP contribution in [0.1, 0.15) is 17.3 Å². The second kappa shape index (κ2) is 4.50. The van der Waals surface area contributed by atoms with E-state index in [1.165, 1.54) is 12.1 Å². The van der Waals surface area contributed by atoms with Crippen LogP contribution in [0, 0.1) is 0 Å². The molecular formula is C11H13NO3. The van der Waals surface area contributed by atoms with Gasteiger partial charge in [-0.2, -0.15) is 0 Å². The summed E-state index contributed by atoms with van der Waals surface area (Å²) in [6, 6.07) is 4.36. The summed E-state index contributed by atoms with van der Waals surface area (Å²) in [6.45, 7) is 6.16. The van der Waals surface area contributed by atoms with E-state index in [0.717, 1.165) is 5.57 Å². The number of hydrogen-bond donors (Lipinski definition) is 3. The molecule has 0 aliphatic heterocycles. The molecule has 0 fully saturated rings. The third-order valence-corrected chi connectivity index (χ3v) is 1.82. The summed E-state index contributed by atoms with van der Waals surface area (Å²) in [7, 11) is 0. The fourth-order valence-electron chi connectivity index (χ4n) is 1.07. The number of carboxylic acids is 1. The summed E-state index contributed by atoms with van der Waals surface area (Å²) in [5.41, 5.74) is 1.48. The Morgan fingerprint density at radius 1 is 1.53 bits per heavy atom. The molecule has 0 aromatic heterocycles. The van der Waals surface area contributed by atoms with Gasteiger partial charge in [0.25, 0.3) is 0 Å². The summed E-state index contributed by atoms with van der Waals surface area (Å²) in [5, 5.41) is 21.0. The molecule has 80 valence electrons. The lowest BCUT2D eigenvalue weighted by Gasteiger charge is -2.07. The van der Waals surface area contributed by atoms with Crippen LogP contribution in [-0.2, 0) is 0 Å². The zero-order valence-electron chi connectivity index (χ0n) is 8.45. The predicted octanol–water partition coefficient (Wildman–Crippen LogP) is 2.08. The zero-order chi connectivity index (χ0) is 11.4. The number of rotatable bonds is 4. The second-order valence-corrected chi connectivity index (χ2v) is 3.35. The number of anilines is 1. The van der Waals surface area contributed by atoms with E-state index in [4.69, 9.17) is 5.11 Å². The molecule has 3 N–H and O–H groups in total. The average molecular weight is 207 g/mol.